The fraction of sp³-hybridized carbons (Fsp3) is 0.381. The van der Waals surface area contributed by atoms with Gasteiger partial charge in [-0.15, -0.1) is 0 Å². The van der Waals surface area contributed by atoms with Gasteiger partial charge in [0, 0.05) is 50.1 Å². The summed E-state index contributed by atoms with van der Waals surface area (Å²) in [6, 6.07) is 19.4. The van der Waals surface area contributed by atoms with Crippen LogP contribution < -0.4 is 15.5 Å². The summed E-state index contributed by atoms with van der Waals surface area (Å²) in [6.45, 7) is 9.49. The van der Waals surface area contributed by atoms with Crippen molar-refractivity contribution < 1.29 is 0 Å². The highest BCUT2D eigenvalue weighted by atomic mass is 32.1. The van der Waals surface area contributed by atoms with Crippen LogP contribution in [0.2, 0.25) is 0 Å². The van der Waals surface area contributed by atoms with Crippen molar-refractivity contribution in [3.05, 3.63) is 60.2 Å². The van der Waals surface area contributed by atoms with Gasteiger partial charge in [-0.25, -0.2) is 0 Å². The summed E-state index contributed by atoms with van der Waals surface area (Å²) >= 11 is 5.42. The van der Waals surface area contributed by atoms with Gasteiger partial charge in [0.1, 0.15) is 0 Å². The molecule has 1 saturated heterocycles. The van der Waals surface area contributed by atoms with Crippen molar-refractivity contribution in [1.82, 2.24) is 10.2 Å². The van der Waals surface area contributed by atoms with Gasteiger partial charge in [0.25, 0.3) is 0 Å². The molecule has 1 aliphatic heterocycles. The topological polar surface area (TPSA) is 30.5 Å². The third-order valence-electron chi connectivity index (χ3n) is 4.93. The number of piperazine rings is 1. The van der Waals surface area contributed by atoms with Crippen LogP contribution in [0.3, 0.4) is 0 Å². The molecule has 1 atom stereocenters. The molecule has 4 nitrogen and oxygen atoms in total. The molecule has 1 fully saturated rings. The van der Waals surface area contributed by atoms with E-state index in [-0.39, 0.29) is 0 Å². The molecular formula is C21H28N4S. The van der Waals surface area contributed by atoms with E-state index in [4.69, 9.17) is 12.2 Å². The van der Waals surface area contributed by atoms with Crippen molar-refractivity contribution >= 4 is 28.7 Å². The normalized spacial score (nSPS) is 16.2. The van der Waals surface area contributed by atoms with Crippen LogP contribution in [0.4, 0.5) is 11.4 Å². The minimum Gasteiger partial charge on any atom is -0.369 e. The summed E-state index contributed by atoms with van der Waals surface area (Å²) in [5.41, 5.74) is 3.59. The van der Waals surface area contributed by atoms with Gasteiger partial charge < -0.3 is 15.5 Å². The number of benzene rings is 2. The lowest BCUT2D eigenvalue weighted by Gasteiger charge is -2.39. The summed E-state index contributed by atoms with van der Waals surface area (Å²) in [5, 5.41) is 7.28. The molecule has 0 aliphatic carbocycles. The maximum atomic E-state index is 5.42. The zero-order chi connectivity index (χ0) is 18.4. The minimum atomic E-state index is 0.450. The summed E-state index contributed by atoms with van der Waals surface area (Å²) < 4.78 is 0. The fourth-order valence-electron chi connectivity index (χ4n) is 3.24. The molecule has 0 saturated carbocycles. The van der Waals surface area contributed by atoms with Gasteiger partial charge in [-0.3, -0.25) is 4.90 Å². The molecule has 0 radical (unpaired) electrons. The summed E-state index contributed by atoms with van der Waals surface area (Å²) in [7, 11) is 0. The number of thiocarbonyl (C=S) groups is 1. The number of para-hydroxylation sites is 1. The van der Waals surface area contributed by atoms with E-state index >= 15 is 0 Å². The molecule has 2 aromatic rings. The van der Waals surface area contributed by atoms with E-state index in [2.05, 4.69) is 88.9 Å². The van der Waals surface area contributed by atoms with Gasteiger partial charge in [-0.2, -0.15) is 0 Å². The lowest BCUT2D eigenvalue weighted by molar-refractivity contribution is 0.198. The summed E-state index contributed by atoms with van der Waals surface area (Å²) in [6.07, 6.45) is 0. The SMILES string of the molecule is Cc1ccc(NC(=S)NC[C@H](C)N2CCN(c3ccccc3)CC2)cc1. The maximum Gasteiger partial charge on any atom is 0.170 e. The Balaban J connectivity index is 1.40. The molecule has 0 bridgehead atoms. The third kappa shape index (κ3) is 5.19. The van der Waals surface area contributed by atoms with E-state index in [1.807, 2.05) is 0 Å². The Bertz CT molecular complexity index is 694. The highest BCUT2D eigenvalue weighted by Gasteiger charge is 2.21. The fourth-order valence-corrected chi connectivity index (χ4v) is 3.44. The van der Waals surface area contributed by atoms with Gasteiger partial charge in [0.2, 0.25) is 0 Å². The molecule has 0 unspecified atom stereocenters. The number of anilines is 2. The second kappa shape index (κ2) is 9.01. The number of nitrogens with one attached hydrogen (secondary N) is 2. The maximum absolute atomic E-state index is 5.42. The van der Waals surface area contributed by atoms with Crippen molar-refractivity contribution in [2.75, 3.05) is 42.9 Å². The van der Waals surface area contributed by atoms with Gasteiger partial charge >= 0.3 is 0 Å². The Kier molecular flexibility index (Phi) is 6.47. The first-order valence-electron chi connectivity index (χ1n) is 9.27. The Morgan fingerprint density at radius 2 is 1.65 bits per heavy atom. The molecule has 0 amide bonds. The van der Waals surface area contributed by atoms with Crippen LogP contribution in [0.1, 0.15) is 12.5 Å². The molecule has 2 N–H and O–H groups in total. The third-order valence-corrected chi connectivity index (χ3v) is 5.17. The van der Waals surface area contributed by atoms with Gasteiger partial charge in [0.05, 0.1) is 0 Å². The van der Waals surface area contributed by atoms with E-state index in [9.17, 15) is 0 Å². The van der Waals surface area contributed by atoms with Crippen molar-refractivity contribution in [2.24, 2.45) is 0 Å². The first-order valence-corrected chi connectivity index (χ1v) is 9.68. The molecule has 3 rings (SSSR count). The number of hydrogen-bond acceptors (Lipinski definition) is 3. The number of aryl methyl sites for hydroxylation is 1. The van der Waals surface area contributed by atoms with E-state index < -0.39 is 0 Å². The Hall–Kier alpha value is -2.11. The largest absolute Gasteiger partial charge is 0.369 e. The van der Waals surface area contributed by atoms with Crippen molar-refractivity contribution in [2.45, 2.75) is 19.9 Å². The minimum absolute atomic E-state index is 0.450. The Morgan fingerprint density at radius 1 is 1.00 bits per heavy atom. The average molecular weight is 369 g/mol. The van der Waals surface area contributed by atoms with Crippen LogP contribution in [0, 0.1) is 6.92 Å². The molecule has 0 spiro atoms. The van der Waals surface area contributed by atoms with E-state index in [1.165, 1.54) is 11.3 Å². The molecule has 0 aromatic heterocycles. The lowest BCUT2D eigenvalue weighted by atomic mass is 10.2. The first kappa shape index (κ1) is 18.7. The van der Waals surface area contributed by atoms with E-state index in [0.717, 1.165) is 38.4 Å². The van der Waals surface area contributed by atoms with Crippen molar-refractivity contribution in [1.29, 1.82) is 0 Å². The van der Waals surface area contributed by atoms with E-state index in [1.54, 1.807) is 0 Å². The molecule has 26 heavy (non-hydrogen) atoms. The second-order valence-electron chi connectivity index (χ2n) is 6.91. The van der Waals surface area contributed by atoms with Gasteiger partial charge in [0.15, 0.2) is 5.11 Å². The predicted octanol–water partition coefficient (Wildman–Crippen LogP) is 3.49. The summed E-state index contributed by atoms with van der Waals surface area (Å²) in [4.78, 5) is 4.99. The van der Waals surface area contributed by atoms with Crippen LogP contribution in [0.25, 0.3) is 0 Å². The average Bonchev–Trinajstić information content (AvgIpc) is 2.69. The number of nitrogens with zero attached hydrogens (tertiary/aromatic N) is 2. The van der Waals surface area contributed by atoms with Crippen LogP contribution in [-0.4, -0.2) is 48.8 Å². The molecule has 138 valence electrons. The predicted molar refractivity (Wildman–Crippen MR) is 115 cm³/mol. The molecule has 2 aromatic carbocycles. The molecule has 1 heterocycles. The molecular weight excluding hydrogens is 340 g/mol. The number of rotatable bonds is 5. The van der Waals surface area contributed by atoms with Crippen LogP contribution in [-0.2, 0) is 0 Å². The van der Waals surface area contributed by atoms with Crippen LogP contribution in [0.5, 0.6) is 0 Å². The zero-order valence-electron chi connectivity index (χ0n) is 15.6. The first-order chi connectivity index (χ1) is 12.6. The lowest BCUT2D eigenvalue weighted by Crippen LogP contribution is -2.52. The quantitative estimate of drug-likeness (QED) is 0.789. The highest BCUT2D eigenvalue weighted by Crippen LogP contribution is 2.16. The van der Waals surface area contributed by atoms with E-state index in [0.29, 0.717) is 11.2 Å². The Labute approximate surface area is 162 Å². The highest BCUT2D eigenvalue weighted by molar-refractivity contribution is 7.80. The zero-order valence-corrected chi connectivity index (χ0v) is 16.4. The van der Waals surface area contributed by atoms with Crippen molar-refractivity contribution in [3.8, 4) is 0 Å². The number of hydrogen-bond donors (Lipinski definition) is 2. The molecule has 5 heteroatoms. The van der Waals surface area contributed by atoms with Crippen LogP contribution in [0.15, 0.2) is 54.6 Å². The smallest absolute Gasteiger partial charge is 0.170 e. The molecule has 1 aliphatic rings. The van der Waals surface area contributed by atoms with Crippen molar-refractivity contribution in [3.63, 3.8) is 0 Å². The van der Waals surface area contributed by atoms with Gasteiger partial charge in [-0.1, -0.05) is 35.9 Å². The van der Waals surface area contributed by atoms with Crippen LogP contribution >= 0.6 is 12.2 Å². The van der Waals surface area contributed by atoms with Gasteiger partial charge in [-0.05, 0) is 50.3 Å². The standard InChI is InChI=1S/C21H28N4S/c1-17-8-10-19(11-9-17)23-21(26)22-16-18(2)24-12-14-25(15-13-24)20-6-4-3-5-7-20/h3-11,18H,12-16H2,1-2H3,(H2,22,23,26)/t18-/m0/s1. The second-order valence-corrected chi connectivity index (χ2v) is 7.32. The summed E-state index contributed by atoms with van der Waals surface area (Å²) in [5.74, 6) is 0. The monoisotopic (exact) mass is 368 g/mol. The Morgan fingerprint density at radius 3 is 2.31 bits per heavy atom.